The summed E-state index contributed by atoms with van der Waals surface area (Å²) in [5.74, 6) is 1.39. The number of ether oxygens (including phenoxy) is 2. The van der Waals surface area contributed by atoms with Crippen LogP contribution in [0.3, 0.4) is 0 Å². The Morgan fingerprint density at radius 2 is 1.83 bits per heavy atom. The Bertz CT molecular complexity index is 1050. The van der Waals surface area contributed by atoms with Crippen LogP contribution < -0.4 is 14.8 Å². The van der Waals surface area contributed by atoms with E-state index in [0.717, 1.165) is 44.7 Å². The second-order valence-corrected chi connectivity index (χ2v) is 7.65. The highest BCUT2D eigenvalue weighted by Gasteiger charge is 2.18. The van der Waals surface area contributed by atoms with Crippen molar-refractivity contribution in [2.75, 3.05) is 20.3 Å². The van der Waals surface area contributed by atoms with Crippen LogP contribution in [0.25, 0.3) is 11.0 Å². The molecule has 2 aromatic heterocycles. The molecule has 30 heavy (non-hydrogen) atoms. The molecule has 160 valence electrons. The third-order valence-corrected chi connectivity index (χ3v) is 5.21. The quantitative estimate of drug-likeness (QED) is 0.576. The van der Waals surface area contributed by atoms with Crippen LogP contribution >= 0.6 is 0 Å². The number of amides is 1. The van der Waals surface area contributed by atoms with Crippen molar-refractivity contribution >= 4 is 16.9 Å². The molecule has 1 N–H and O–H groups in total. The molecular weight excluding hydrogens is 380 g/mol. The summed E-state index contributed by atoms with van der Waals surface area (Å²) >= 11 is 0. The fraction of sp³-hybridized carbons (Fsp3) is 0.435. The number of nitrogens with zero attached hydrogens (tertiary/aromatic N) is 3. The van der Waals surface area contributed by atoms with Gasteiger partial charge in [-0.2, -0.15) is 0 Å². The first-order chi connectivity index (χ1) is 14.3. The largest absolute Gasteiger partial charge is 0.492 e. The molecule has 3 rings (SSSR count). The number of carbonyl (C=O) groups is 1. The summed E-state index contributed by atoms with van der Waals surface area (Å²) < 4.78 is 12.9. The second kappa shape index (κ2) is 9.15. The van der Waals surface area contributed by atoms with Gasteiger partial charge in [-0.05, 0) is 68.5 Å². The zero-order chi connectivity index (χ0) is 21.8. The standard InChI is InChI=1S/C23H30N4O3/c1-14-11-15(2)13-18(12-14)30-10-9-24-20(28)8-7-19-16(3)21-22(25-17(19)4)27(5)26-23(21)29-6/h11-13H,7-10H2,1-6H3,(H,24,28). The van der Waals surface area contributed by atoms with Gasteiger partial charge in [0.2, 0.25) is 11.8 Å². The molecule has 1 aromatic carbocycles. The molecule has 0 radical (unpaired) electrons. The van der Waals surface area contributed by atoms with Crippen molar-refractivity contribution in [1.82, 2.24) is 20.1 Å². The van der Waals surface area contributed by atoms with E-state index in [4.69, 9.17) is 9.47 Å². The molecule has 0 saturated heterocycles. The lowest BCUT2D eigenvalue weighted by Gasteiger charge is -2.12. The Labute approximate surface area is 177 Å². The van der Waals surface area contributed by atoms with Gasteiger partial charge in [0.1, 0.15) is 12.4 Å². The minimum atomic E-state index is -0.00364. The Morgan fingerprint density at radius 3 is 2.50 bits per heavy atom. The highest BCUT2D eigenvalue weighted by atomic mass is 16.5. The van der Waals surface area contributed by atoms with Crippen molar-refractivity contribution in [3.8, 4) is 11.6 Å². The molecule has 0 fully saturated rings. The van der Waals surface area contributed by atoms with Gasteiger partial charge in [0.25, 0.3) is 0 Å². The van der Waals surface area contributed by atoms with Gasteiger partial charge in [0.05, 0.1) is 19.0 Å². The molecule has 0 aliphatic carbocycles. The highest BCUT2D eigenvalue weighted by Crippen LogP contribution is 2.30. The van der Waals surface area contributed by atoms with Crippen molar-refractivity contribution in [1.29, 1.82) is 0 Å². The van der Waals surface area contributed by atoms with E-state index >= 15 is 0 Å². The first kappa shape index (κ1) is 21.6. The number of pyridine rings is 1. The Hall–Kier alpha value is -3.09. The number of aromatic nitrogens is 3. The molecule has 7 heteroatoms. The minimum Gasteiger partial charge on any atom is -0.492 e. The SMILES string of the molecule is COc1nn(C)c2nc(C)c(CCC(=O)NCCOc3cc(C)cc(C)c3)c(C)c12. The van der Waals surface area contributed by atoms with Gasteiger partial charge < -0.3 is 14.8 Å². The third kappa shape index (κ3) is 4.72. The van der Waals surface area contributed by atoms with E-state index in [1.165, 1.54) is 0 Å². The summed E-state index contributed by atoms with van der Waals surface area (Å²) in [5, 5.41) is 8.21. The number of nitrogens with one attached hydrogen (secondary N) is 1. The number of hydrogen-bond acceptors (Lipinski definition) is 5. The van der Waals surface area contributed by atoms with E-state index in [9.17, 15) is 4.79 Å². The van der Waals surface area contributed by atoms with Crippen molar-refractivity contribution in [3.05, 3.63) is 46.1 Å². The number of benzene rings is 1. The molecule has 0 saturated carbocycles. The van der Waals surface area contributed by atoms with E-state index < -0.39 is 0 Å². The molecule has 0 atom stereocenters. The lowest BCUT2D eigenvalue weighted by atomic mass is 10.00. The lowest BCUT2D eigenvalue weighted by Crippen LogP contribution is -2.28. The van der Waals surface area contributed by atoms with Crippen molar-refractivity contribution < 1.29 is 14.3 Å². The van der Waals surface area contributed by atoms with Gasteiger partial charge in [-0.15, -0.1) is 5.10 Å². The average Bonchev–Trinajstić information content (AvgIpc) is 3.00. The first-order valence-electron chi connectivity index (χ1n) is 10.1. The Balaban J connectivity index is 1.56. The maximum Gasteiger partial charge on any atom is 0.242 e. The average molecular weight is 411 g/mol. The van der Waals surface area contributed by atoms with Gasteiger partial charge in [0.15, 0.2) is 5.65 Å². The lowest BCUT2D eigenvalue weighted by molar-refractivity contribution is -0.121. The van der Waals surface area contributed by atoms with E-state index in [-0.39, 0.29) is 5.91 Å². The molecule has 0 unspecified atom stereocenters. The molecule has 0 spiro atoms. The van der Waals surface area contributed by atoms with Crippen LogP contribution in [0.15, 0.2) is 18.2 Å². The predicted octanol–water partition coefficient (Wildman–Crippen LogP) is 3.34. The monoisotopic (exact) mass is 410 g/mol. The maximum atomic E-state index is 12.3. The molecular formula is C23H30N4O3. The molecule has 2 heterocycles. The van der Waals surface area contributed by atoms with Crippen LogP contribution in [0.2, 0.25) is 0 Å². The zero-order valence-electron chi connectivity index (χ0n) is 18.6. The minimum absolute atomic E-state index is 0.00364. The van der Waals surface area contributed by atoms with E-state index in [0.29, 0.717) is 31.9 Å². The summed E-state index contributed by atoms with van der Waals surface area (Å²) in [7, 11) is 3.46. The van der Waals surface area contributed by atoms with Crippen LogP contribution in [0.1, 0.15) is 34.4 Å². The van der Waals surface area contributed by atoms with Crippen molar-refractivity contribution in [2.24, 2.45) is 7.05 Å². The molecule has 0 aliphatic heterocycles. The predicted molar refractivity (Wildman–Crippen MR) is 117 cm³/mol. The number of methoxy groups -OCH3 is 1. The number of hydrogen-bond donors (Lipinski definition) is 1. The van der Waals surface area contributed by atoms with Crippen LogP contribution in [0.5, 0.6) is 11.6 Å². The van der Waals surface area contributed by atoms with Crippen molar-refractivity contribution in [3.63, 3.8) is 0 Å². The number of aryl methyl sites for hydroxylation is 5. The van der Waals surface area contributed by atoms with Gasteiger partial charge in [-0.25, -0.2) is 9.67 Å². The molecule has 3 aromatic rings. The van der Waals surface area contributed by atoms with Crippen molar-refractivity contribution in [2.45, 2.75) is 40.5 Å². The molecule has 7 nitrogen and oxygen atoms in total. The first-order valence-corrected chi connectivity index (χ1v) is 10.1. The second-order valence-electron chi connectivity index (χ2n) is 7.65. The highest BCUT2D eigenvalue weighted by molar-refractivity contribution is 5.86. The smallest absolute Gasteiger partial charge is 0.242 e. The van der Waals surface area contributed by atoms with Gasteiger partial charge in [0, 0.05) is 19.2 Å². The fourth-order valence-corrected chi connectivity index (χ4v) is 3.81. The molecule has 1 amide bonds. The van der Waals surface area contributed by atoms with E-state index in [1.54, 1.807) is 11.8 Å². The van der Waals surface area contributed by atoms with Gasteiger partial charge in [-0.1, -0.05) is 6.07 Å². The topological polar surface area (TPSA) is 78.3 Å². The number of carbonyl (C=O) groups excluding carboxylic acids is 1. The summed E-state index contributed by atoms with van der Waals surface area (Å²) in [6, 6.07) is 6.10. The van der Waals surface area contributed by atoms with Crippen LogP contribution in [-0.4, -0.2) is 40.9 Å². The summed E-state index contributed by atoms with van der Waals surface area (Å²) in [6.45, 7) is 8.99. The van der Waals surface area contributed by atoms with Crippen LogP contribution in [0, 0.1) is 27.7 Å². The van der Waals surface area contributed by atoms with E-state index in [1.807, 2.05) is 46.9 Å². The van der Waals surface area contributed by atoms with E-state index in [2.05, 4.69) is 21.5 Å². The number of fused-ring (bicyclic) bond motifs is 1. The normalized spacial score (nSPS) is 11.0. The zero-order valence-corrected chi connectivity index (χ0v) is 18.6. The Kier molecular flexibility index (Phi) is 6.59. The fourth-order valence-electron chi connectivity index (χ4n) is 3.81. The van der Waals surface area contributed by atoms with Crippen LogP contribution in [0.4, 0.5) is 0 Å². The molecule has 0 bridgehead atoms. The third-order valence-electron chi connectivity index (χ3n) is 5.21. The van der Waals surface area contributed by atoms with Gasteiger partial charge in [-0.3, -0.25) is 4.79 Å². The van der Waals surface area contributed by atoms with Gasteiger partial charge >= 0.3 is 0 Å². The summed E-state index contributed by atoms with van der Waals surface area (Å²) in [5.41, 5.74) is 6.16. The maximum absolute atomic E-state index is 12.3. The summed E-state index contributed by atoms with van der Waals surface area (Å²) in [4.78, 5) is 17.0. The van der Waals surface area contributed by atoms with Crippen LogP contribution in [-0.2, 0) is 18.3 Å². The Morgan fingerprint density at radius 1 is 1.13 bits per heavy atom. The molecule has 0 aliphatic rings. The summed E-state index contributed by atoms with van der Waals surface area (Å²) in [6.07, 6.45) is 1.00. The number of rotatable bonds is 8.